The number of anilines is 1. The third kappa shape index (κ3) is 3.06. The summed E-state index contributed by atoms with van der Waals surface area (Å²) in [6.45, 7) is 1.62. The fraction of sp³-hybridized carbons (Fsp3) is 0.375. The van der Waals surface area contributed by atoms with Gasteiger partial charge in [-0.1, -0.05) is 0 Å². The zero-order valence-electron chi connectivity index (χ0n) is 14.2. The van der Waals surface area contributed by atoms with Crippen molar-refractivity contribution in [2.75, 3.05) is 18.0 Å². The molecule has 0 spiro atoms. The molecule has 10 nitrogen and oxygen atoms in total. The van der Waals surface area contributed by atoms with Crippen LogP contribution in [0.15, 0.2) is 24.8 Å². The number of hydrogen-bond donors (Lipinski definition) is 1. The second kappa shape index (κ2) is 6.44. The molecular weight excluding hydrogens is 334 g/mol. The van der Waals surface area contributed by atoms with E-state index in [1.165, 1.54) is 11.0 Å². The van der Waals surface area contributed by atoms with Crippen molar-refractivity contribution in [3.63, 3.8) is 0 Å². The molecule has 3 aromatic rings. The highest BCUT2D eigenvalue weighted by atomic mass is 16.2. The molecule has 26 heavy (non-hydrogen) atoms. The Morgan fingerprint density at radius 2 is 2.31 bits per heavy atom. The van der Waals surface area contributed by atoms with Crippen LogP contribution in [0.2, 0.25) is 0 Å². The van der Waals surface area contributed by atoms with Gasteiger partial charge in [0.1, 0.15) is 18.9 Å². The molecule has 3 aromatic heterocycles. The summed E-state index contributed by atoms with van der Waals surface area (Å²) in [6.07, 6.45) is 5.88. The average molecular weight is 351 g/mol. The highest BCUT2D eigenvalue weighted by Crippen LogP contribution is 2.23. The zero-order valence-corrected chi connectivity index (χ0v) is 14.2. The minimum absolute atomic E-state index is 0.0500. The maximum absolute atomic E-state index is 12.2. The predicted molar refractivity (Wildman–Crippen MR) is 92.0 cm³/mol. The van der Waals surface area contributed by atoms with E-state index in [-0.39, 0.29) is 24.3 Å². The third-order valence-electron chi connectivity index (χ3n) is 4.42. The molecule has 1 amide bonds. The number of nitriles is 1. The van der Waals surface area contributed by atoms with Crippen LogP contribution in [0.4, 0.5) is 5.69 Å². The molecular formula is C16H17N9O. The molecule has 4 rings (SSSR count). The van der Waals surface area contributed by atoms with Crippen LogP contribution in [-0.4, -0.2) is 54.6 Å². The Bertz CT molecular complexity index is 999. The molecule has 0 unspecified atom stereocenters. The Kier molecular flexibility index (Phi) is 3.96. The molecule has 1 aliphatic rings. The monoisotopic (exact) mass is 351 g/mol. The number of carbonyl (C=O) groups excluding carboxylic acids is 1. The van der Waals surface area contributed by atoms with Crippen molar-refractivity contribution < 1.29 is 4.79 Å². The number of nitrogens with zero attached hydrogens (tertiary/aromatic N) is 8. The van der Waals surface area contributed by atoms with Crippen molar-refractivity contribution in [2.24, 2.45) is 7.05 Å². The number of aryl methyl sites for hydroxylation is 1. The normalized spacial score (nSPS) is 16.8. The van der Waals surface area contributed by atoms with Crippen LogP contribution in [0.3, 0.4) is 0 Å². The van der Waals surface area contributed by atoms with Crippen molar-refractivity contribution in [3.05, 3.63) is 30.6 Å². The second-order valence-corrected chi connectivity index (χ2v) is 6.25. The number of rotatable bonds is 4. The molecule has 0 bridgehead atoms. The number of aromatic nitrogens is 6. The van der Waals surface area contributed by atoms with Crippen molar-refractivity contribution >= 4 is 22.6 Å². The van der Waals surface area contributed by atoms with E-state index in [9.17, 15) is 4.79 Å². The number of pyridine rings is 1. The summed E-state index contributed by atoms with van der Waals surface area (Å²) < 4.78 is 3.11. The first-order valence-electron chi connectivity index (χ1n) is 8.24. The molecule has 132 valence electrons. The summed E-state index contributed by atoms with van der Waals surface area (Å²) in [7, 11) is 1.87. The van der Waals surface area contributed by atoms with Crippen molar-refractivity contribution in [3.8, 4) is 6.07 Å². The number of fused-ring (bicyclic) bond motifs is 1. The second-order valence-electron chi connectivity index (χ2n) is 6.25. The van der Waals surface area contributed by atoms with Crippen molar-refractivity contribution in [1.82, 2.24) is 34.8 Å². The standard InChI is InChI=1S/C16H17N9O/c1-23-16-11(6-20-23)4-13(7-18-16)24-3-2-12(8-24)21-15(26)9-25-10-19-14(5-17)22-25/h4,6-7,10,12H,2-3,8-9H2,1H3,(H,21,26)/t12-/m0/s1. The highest BCUT2D eigenvalue weighted by molar-refractivity contribution is 5.79. The van der Waals surface area contributed by atoms with Crippen LogP contribution in [0.25, 0.3) is 11.0 Å². The van der Waals surface area contributed by atoms with Gasteiger partial charge < -0.3 is 10.2 Å². The maximum atomic E-state index is 12.2. The molecule has 0 aliphatic carbocycles. The van der Waals surface area contributed by atoms with Crippen molar-refractivity contribution in [1.29, 1.82) is 5.26 Å². The first-order chi connectivity index (χ1) is 12.6. The van der Waals surface area contributed by atoms with Crippen LogP contribution in [-0.2, 0) is 18.4 Å². The fourth-order valence-corrected chi connectivity index (χ4v) is 3.16. The van der Waals surface area contributed by atoms with Crippen LogP contribution < -0.4 is 10.2 Å². The van der Waals surface area contributed by atoms with E-state index in [1.54, 1.807) is 10.9 Å². The van der Waals surface area contributed by atoms with Crippen LogP contribution >= 0.6 is 0 Å². The summed E-state index contributed by atoms with van der Waals surface area (Å²) in [5, 5.41) is 20.8. The Balaban J connectivity index is 1.36. The lowest BCUT2D eigenvalue weighted by Gasteiger charge is -2.18. The summed E-state index contributed by atoms with van der Waals surface area (Å²) >= 11 is 0. The molecule has 1 atom stereocenters. The minimum atomic E-state index is -0.146. The number of carbonyl (C=O) groups is 1. The summed E-state index contributed by atoms with van der Waals surface area (Å²) in [5.41, 5.74) is 1.87. The first-order valence-corrected chi connectivity index (χ1v) is 8.24. The number of hydrogen-bond acceptors (Lipinski definition) is 7. The smallest absolute Gasteiger partial charge is 0.252 e. The topological polar surface area (TPSA) is 118 Å². The van der Waals surface area contributed by atoms with E-state index in [2.05, 4.69) is 36.4 Å². The average Bonchev–Trinajstić information content (AvgIpc) is 3.35. The van der Waals surface area contributed by atoms with E-state index in [0.717, 1.165) is 36.2 Å². The predicted octanol–water partition coefficient (Wildman–Crippen LogP) is -0.173. The number of nitrogens with one attached hydrogen (secondary N) is 1. The Morgan fingerprint density at radius 3 is 3.12 bits per heavy atom. The fourth-order valence-electron chi connectivity index (χ4n) is 3.16. The van der Waals surface area contributed by atoms with Crippen LogP contribution in [0, 0.1) is 11.3 Å². The summed E-state index contributed by atoms with van der Waals surface area (Å²) in [6, 6.07) is 3.97. The van der Waals surface area contributed by atoms with E-state index >= 15 is 0 Å². The van der Waals surface area contributed by atoms with Gasteiger partial charge in [0.25, 0.3) is 5.82 Å². The van der Waals surface area contributed by atoms with Gasteiger partial charge in [-0.15, -0.1) is 5.10 Å². The Labute approximate surface area is 149 Å². The zero-order chi connectivity index (χ0) is 18.1. The van der Waals surface area contributed by atoms with Gasteiger partial charge in [-0.05, 0) is 12.5 Å². The molecule has 0 radical (unpaired) electrons. The first kappa shape index (κ1) is 16.0. The van der Waals surface area contributed by atoms with Gasteiger partial charge in [-0.3, -0.25) is 9.48 Å². The largest absolute Gasteiger partial charge is 0.368 e. The SMILES string of the molecule is Cn1ncc2cc(N3CC[C@H](NC(=O)Cn4cnc(C#N)n4)C3)cnc21. The van der Waals surface area contributed by atoms with E-state index in [0.29, 0.717) is 0 Å². The van der Waals surface area contributed by atoms with Gasteiger partial charge in [0.05, 0.1) is 18.1 Å². The van der Waals surface area contributed by atoms with Crippen LogP contribution in [0.5, 0.6) is 0 Å². The molecule has 0 aromatic carbocycles. The summed E-state index contributed by atoms with van der Waals surface area (Å²) in [5.74, 6) is -0.0878. The van der Waals surface area contributed by atoms with E-state index < -0.39 is 0 Å². The lowest BCUT2D eigenvalue weighted by molar-refractivity contribution is -0.122. The third-order valence-corrected chi connectivity index (χ3v) is 4.42. The highest BCUT2D eigenvalue weighted by Gasteiger charge is 2.24. The van der Waals surface area contributed by atoms with Gasteiger partial charge >= 0.3 is 0 Å². The van der Waals surface area contributed by atoms with Gasteiger partial charge in [0, 0.05) is 31.6 Å². The molecule has 10 heteroatoms. The minimum Gasteiger partial charge on any atom is -0.368 e. The van der Waals surface area contributed by atoms with Gasteiger partial charge in [-0.2, -0.15) is 10.4 Å². The number of amides is 1. The molecule has 0 saturated carbocycles. The maximum Gasteiger partial charge on any atom is 0.252 e. The molecule has 4 heterocycles. The van der Waals surface area contributed by atoms with E-state index in [4.69, 9.17) is 5.26 Å². The van der Waals surface area contributed by atoms with Gasteiger partial charge in [0.2, 0.25) is 5.91 Å². The van der Waals surface area contributed by atoms with E-state index in [1.807, 2.05) is 19.3 Å². The lowest BCUT2D eigenvalue weighted by Crippen LogP contribution is -2.39. The molecule has 1 N–H and O–H groups in total. The van der Waals surface area contributed by atoms with Gasteiger partial charge in [-0.25, -0.2) is 14.6 Å². The molecule has 1 fully saturated rings. The van der Waals surface area contributed by atoms with Crippen molar-refractivity contribution in [2.45, 2.75) is 19.0 Å². The Morgan fingerprint density at radius 1 is 1.42 bits per heavy atom. The van der Waals surface area contributed by atoms with Crippen LogP contribution in [0.1, 0.15) is 12.2 Å². The molecule has 1 saturated heterocycles. The molecule has 1 aliphatic heterocycles. The Hall–Kier alpha value is -3.48. The lowest BCUT2D eigenvalue weighted by atomic mass is 10.2. The summed E-state index contributed by atoms with van der Waals surface area (Å²) in [4.78, 5) is 22.6. The quantitative estimate of drug-likeness (QED) is 0.693. The van der Waals surface area contributed by atoms with Gasteiger partial charge in [0.15, 0.2) is 5.65 Å².